The van der Waals surface area contributed by atoms with Gasteiger partial charge in [-0.2, -0.15) is 0 Å². The first-order chi connectivity index (χ1) is 11.9. The number of aromatic amines is 1. The van der Waals surface area contributed by atoms with Gasteiger partial charge in [-0.05, 0) is 42.0 Å². The molecule has 0 spiro atoms. The van der Waals surface area contributed by atoms with E-state index in [1.807, 2.05) is 73.2 Å². The summed E-state index contributed by atoms with van der Waals surface area (Å²) in [6.07, 6.45) is 20.6. The van der Waals surface area contributed by atoms with Gasteiger partial charge in [0.1, 0.15) is 6.34 Å². The number of benzene rings is 1. The Kier molecular flexibility index (Phi) is 5.35. The summed E-state index contributed by atoms with van der Waals surface area (Å²) in [7, 11) is 0. The van der Waals surface area contributed by atoms with Gasteiger partial charge >= 0.3 is 0 Å². The van der Waals surface area contributed by atoms with Crippen LogP contribution in [-0.2, 0) is 0 Å². The van der Waals surface area contributed by atoms with E-state index in [4.69, 9.17) is 0 Å². The zero-order chi connectivity index (χ0) is 16.5. The first-order valence-electron chi connectivity index (χ1n) is 7.67. The Bertz CT molecular complexity index is 874. The number of aliphatic imine (C=N–C) groups is 2. The van der Waals surface area contributed by atoms with Gasteiger partial charge in [0.2, 0.25) is 0 Å². The van der Waals surface area contributed by atoms with Gasteiger partial charge in [-0.15, -0.1) is 0 Å². The average molecular weight is 314 g/mol. The van der Waals surface area contributed by atoms with Crippen LogP contribution in [-0.4, -0.2) is 22.1 Å². The number of para-hydroxylation sites is 1. The van der Waals surface area contributed by atoms with E-state index in [-0.39, 0.29) is 0 Å². The third kappa shape index (κ3) is 4.30. The number of nitrogens with zero attached hydrogens (tertiary/aromatic N) is 3. The molecule has 2 heterocycles. The third-order valence-corrected chi connectivity index (χ3v) is 3.34. The maximum atomic E-state index is 4.11. The second-order valence-corrected chi connectivity index (χ2v) is 5.02. The molecule has 24 heavy (non-hydrogen) atoms. The lowest BCUT2D eigenvalue weighted by molar-refractivity contribution is 1.03. The lowest BCUT2D eigenvalue weighted by atomic mass is 10.1. The fourth-order valence-electron chi connectivity index (χ4n) is 2.25. The predicted octanol–water partition coefficient (Wildman–Crippen LogP) is 4.58. The van der Waals surface area contributed by atoms with Crippen molar-refractivity contribution in [2.24, 2.45) is 9.98 Å². The van der Waals surface area contributed by atoms with E-state index in [0.717, 1.165) is 16.9 Å². The molecule has 0 saturated carbocycles. The Hall–Kier alpha value is -3.40. The molecule has 0 amide bonds. The standard InChI is InChI=1S/C20H18N4/c1-2-11-20-18(8-1)9-7-13-22-17-21-12-4-3-10-19-16-24(20)15-6-5-14-23-19/h1-17,23H/b9-7-,10-3-,12-4-,14-5?,15-6?,19-16?,21-17-,22-13-. The minimum absolute atomic E-state index is 0.967. The number of rotatable bonds is 0. The summed E-state index contributed by atoms with van der Waals surface area (Å²) in [5.74, 6) is 0. The van der Waals surface area contributed by atoms with Gasteiger partial charge in [0.05, 0.1) is 11.4 Å². The zero-order valence-corrected chi connectivity index (χ0v) is 13.2. The molecule has 4 heteroatoms. The molecule has 1 aliphatic heterocycles. The number of hydrogen-bond donors (Lipinski definition) is 1. The predicted molar refractivity (Wildman–Crippen MR) is 102 cm³/mol. The van der Waals surface area contributed by atoms with Crippen LogP contribution in [0.4, 0.5) is 0 Å². The molecule has 1 N–H and O–H groups in total. The minimum atomic E-state index is 0.967. The van der Waals surface area contributed by atoms with E-state index in [1.54, 1.807) is 12.4 Å². The SMILES string of the molecule is C1=C\N=C/N=C\C=C/c2ccccc2-n2cccc[nH]c(c2)\C=C/1. The molecule has 2 aromatic rings. The number of aromatic nitrogens is 2. The van der Waals surface area contributed by atoms with E-state index < -0.39 is 0 Å². The summed E-state index contributed by atoms with van der Waals surface area (Å²) in [4.78, 5) is 11.4. The summed E-state index contributed by atoms with van der Waals surface area (Å²) < 4.78 is 2.09. The van der Waals surface area contributed by atoms with Crippen LogP contribution in [0.15, 0.2) is 89.4 Å². The van der Waals surface area contributed by atoms with Crippen molar-refractivity contribution in [2.75, 3.05) is 0 Å². The smallest absolute Gasteiger partial charge is 0.115 e. The van der Waals surface area contributed by atoms with Crippen molar-refractivity contribution in [3.63, 3.8) is 0 Å². The fraction of sp³-hybridized carbons (Fsp3) is 0. The van der Waals surface area contributed by atoms with Gasteiger partial charge in [0.25, 0.3) is 0 Å². The van der Waals surface area contributed by atoms with Crippen LogP contribution in [0.1, 0.15) is 11.3 Å². The van der Waals surface area contributed by atoms with Crippen molar-refractivity contribution >= 4 is 24.7 Å². The van der Waals surface area contributed by atoms with Crippen LogP contribution in [0, 0.1) is 0 Å². The quantitative estimate of drug-likeness (QED) is 0.740. The molecule has 3 rings (SSSR count). The van der Waals surface area contributed by atoms with Crippen LogP contribution in [0.25, 0.3) is 17.8 Å². The van der Waals surface area contributed by atoms with Gasteiger partial charge in [-0.3, -0.25) is 0 Å². The number of allylic oxidation sites excluding steroid dienone is 3. The van der Waals surface area contributed by atoms with Gasteiger partial charge < -0.3 is 9.55 Å². The highest BCUT2D eigenvalue weighted by Crippen LogP contribution is 2.16. The topological polar surface area (TPSA) is 45.4 Å². The molecule has 0 unspecified atom stereocenters. The number of fused-ring (bicyclic) bond motifs is 4. The molecule has 0 radical (unpaired) electrons. The molecule has 1 aromatic carbocycles. The highest BCUT2D eigenvalue weighted by atomic mass is 14.9. The zero-order valence-electron chi connectivity index (χ0n) is 13.2. The van der Waals surface area contributed by atoms with Crippen molar-refractivity contribution in [2.45, 2.75) is 0 Å². The summed E-state index contributed by atoms with van der Waals surface area (Å²) in [5.41, 5.74) is 3.15. The molecular weight excluding hydrogens is 296 g/mol. The van der Waals surface area contributed by atoms with Gasteiger partial charge in [0, 0.05) is 31.0 Å². The van der Waals surface area contributed by atoms with E-state index in [2.05, 4.69) is 31.7 Å². The number of hydrogen-bond acceptors (Lipinski definition) is 2. The largest absolute Gasteiger partial charge is 0.360 e. The van der Waals surface area contributed by atoms with E-state index in [9.17, 15) is 0 Å². The molecule has 2 bridgehead atoms. The maximum absolute atomic E-state index is 4.11. The third-order valence-electron chi connectivity index (χ3n) is 3.34. The van der Waals surface area contributed by atoms with Gasteiger partial charge in [-0.1, -0.05) is 30.4 Å². The summed E-state index contributed by atoms with van der Waals surface area (Å²) in [6, 6.07) is 12.2. The van der Waals surface area contributed by atoms with E-state index in [1.165, 1.54) is 6.34 Å². The lowest BCUT2D eigenvalue weighted by Gasteiger charge is -2.10. The molecule has 0 fully saturated rings. The van der Waals surface area contributed by atoms with Crippen LogP contribution < -0.4 is 0 Å². The Morgan fingerprint density at radius 3 is 2.83 bits per heavy atom. The maximum Gasteiger partial charge on any atom is 0.115 e. The molecule has 1 aliphatic rings. The summed E-state index contributed by atoms with van der Waals surface area (Å²) in [6.45, 7) is 0. The van der Waals surface area contributed by atoms with Crippen molar-refractivity contribution in [3.05, 3.63) is 90.7 Å². The van der Waals surface area contributed by atoms with Crippen LogP contribution in [0.3, 0.4) is 0 Å². The van der Waals surface area contributed by atoms with Crippen LogP contribution in [0.5, 0.6) is 0 Å². The molecule has 0 aliphatic carbocycles. The van der Waals surface area contributed by atoms with E-state index in [0.29, 0.717) is 0 Å². The normalized spacial score (nSPS) is 19.7. The van der Waals surface area contributed by atoms with E-state index >= 15 is 0 Å². The monoisotopic (exact) mass is 314 g/mol. The Morgan fingerprint density at radius 1 is 0.875 bits per heavy atom. The minimum Gasteiger partial charge on any atom is -0.360 e. The number of H-pyrrole nitrogens is 1. The first kappa shape index (κ1) is 15.5. The molecule has 118 valence electrons. The molecule has 0 saturated heterocycles. The highest BCUT2D eigenvalue weighted by Gasteiger charge is 1.99. The van der Waals surface area contributed by atoms with Crippen molar-refractivity contribution in [3.8, 4) is 5.69 Å². The Labute approximate surface area is 141 Å². The van der Waals surface area contributed by atoms with Gasteiger partial charge in [0.15, 0.2) is 0 Å². The van der Waals surface area contributed by atoms with Gasteiger partial charge in [-0.25, -0.2) is 9.98 Å². The van der Waals surface area contributed by atoms with Crippen LogP contribution in [0.2, 0.25) is 0 Å². The lowest BCUT2D eigenvalue weighted by Crippen LogP contribution is -1.97. The van der Waals surface area contributed by atoms with Crippen molar-refractivity contribution < 1.29 is 0 Å². The molecule has 4 nitrogen and oxygen atoms in total. The number of nitrogens with one attached hydrogen (secondary N) is 1. The summed E-state index contributed by atoms with van der Waals surface area (Å²) in [5, 5.41) is 0. The van der Waals surface area contributed by atoms with Crippen molar-refractivity contribution in [1.29, 1.82) is 0 Å². The second-order valence-electron chi connectivity index (χ2n) is 5.02. The Morgan fingerprint density at radius 2 is 1.83 bits per heavy atom. The second kappa shape index (κ2) is 8.29. The summed E-state index contributed by atoms with van der Waals surface area (Å²) >= 11 is 0. The first-order valence-corrected chi connectivity index (χ1v) is 7.67. The van der Waals surface area contributed by atoms with Crippen molar-refractivity contribution in [1.82, 2.24) is 9.55 Å². The highest BCUT2D eigenvalue weighted by molar-refractivity contribution is 5.85. The molecule has 1 aromatic heterocycles. The average Bonchev–Trinajstić information content (AvgIpc) is 2.58. The van der Waals surface area contributed by atoms with Crippen LogP contribution >= 0.6 is 0 Å². The Balaban J connectivity index is 2.19. The molecule has 0 atom stereocenters. The molecular formula is C20H18N4. The fourth-order valence-corrected chi connectivity index (χ4v) is 2.25.